The molecular weight excluding hydrogens is 244 g/mol. The van der Waals surface area contributed by atoms with Crippen molar-refractivity contribution in [1.82, 2.24) is 4.98 Å². The molecule has 0 amide bonds. The van der Waals surface area contributed by atoms with E-state index in [2.05, 4.69) is 11.1 Å². The smallest absolute Gasteiger partial charge is 0.151 e. The zero-order valence-corrected chi connectivity index (χ0v) is 10.8. The van der Waals surface area contributed by atoms with Crippen LogP contribution in [0.5, 0.6) is 0 Å². The first kappa shape index (κ1) is 13.2. The summed E-state index contributed by atoms with van der Waals surface area (Å²) in [5.74, 6) is 0.0521. The van der Waals surface area contributed by atoms with Gasteiger partial charge in [-0.3, -0.25) is 4.79 Å². The highest BCUT2D eigenvalue weighted by molar-refractivity contribution is 8.00. The van der Waals surface area contributed by atoms with Crippen LogP contribution in [-0.2, 0) is 16.0 Å². The topological polar surface area (TPSA) is 63.0 Å². The summed E-state index contributed by atoms with van der Waals surface area (Å²) in [5, 5.41) is 8.89. The maximum absolute atomic E-state index is 11.5. The quantitative estimate of drug-likeness (QED) is 0.727. The number of nitriles is 1. The zero-order chi connectivity index (χ0) is 12.0. The molecular formula is C10H12N2O2S2. The van der Waals surface area contributed by atoms with Crippen molar-refractivity contribution in [3.8, 4) is 6.07 Å². The molecule has 0 saturated heterocycles. The fourth-order valence-electron chi connectivity index (χ4n) is 1.12. The Morgan fingerprint density at radius 2 is 2.44 bits per heavy atom. The van der Waals surface area contributed by atoms with Crippen LogP contribution in [0.25, 0.3) is 0 Å². The van der Waals surface area contributed by atoms with Gasteiger partial charge >= 0.3 is 0 Å². The molecule has 0 unspecified atom stereocenters. The number of aromatic nitrogens is 1. The number of Topliss-reactive ketones (excluding diaryl/α,β-unsaturated/α-hetero) is 1. The maximum atomic E-state index is 11.5. The maximum Gasteiger partial charge on any atom is 0.151 e. The molecule has 1 aromatic rings. The van der Waals surface area contributed by atoms with Crippen LogP contribution in [-0.4, -0.2) is 30.7 Å². The average molecular weight is 256 g/mol. The molecule has 0 spiro atoms. The Morgan fingerprint density at radius 3 is 3.00 bits per heavy atom. The number of ketones is 1. The third-order valence-corrected chi connectivity index (χ3v) is 3.89. The molecule has 0 radical (unpaired) electrons. The second-order valence-corrected chi connectivity index (χ2v) is 5.08. The number of carbonyl (C=O) groups is 1. The molecule has 0 fully saturated rings. The Morgan fingerprint density at radius 1 is 1.69 bits per heavy atom. The van der Waals surface area contributed by atoms with Gasteiger partial charge in [0.2, 0.25) is 0 Å². The van der Waals surface area contributed by atoms with Gasteiger partial charge in [-0.05, 0) is 6.26 Å². The Hall–Kier alpha value is -0.900. The van der Waals surface area contributed by atoms with Crippen molar-refractivity contribution in [3.05, 3.63) is 10.6 Å². The van der Waals surface area contributed by atoms with Gasteiger partial charge in [0, 0.05) is 13.5 Å². The van der Waals surface area contributed by atoms with Crippen molar-refractivity contribution in [2.45, 2.75) is 17.2 Å². The van der Waals surface area contributed by atoms with Gasteiger partial charge in [-0.25, -0.2) is 4.98 Å². The molecule has 0 aliphatic heterocycles. The number of thioether (sulfide) groups is 1. The predicted octanol–water partition coefficient (Wildman–Crippen LogP) is 1.88. The molecule has 86 valence electrons. The van der Waals surface area contributed by atoms with Crippen LogP contribution in [0.3, 0.4) is 0 Å². The molecule has 1 heterocycles. The van der Waals surface area contributed by atoms with Crippen LogP contribution in [0.1, 0.15) is 17.0 Å². The normalized spacial score (nSPS) is 10.1. The van der Waals surface area contributed by atoms with E-state index >= 15 is 0 Å². The summed E-state index contributed by atoms with van der Waals surface area (Å²) in [6.45, 7) is 0.417. The van der Waals surface area contributed by atoms with Crippen molar-refractivity contribution >= 4 is 28.9 Å². The monoisotopic (exact) mass is 256 g/mol. The van der Waals surface area contributed by atoms with Gasteiger partial charge in [0.15, 0.2) is 4.34 Å². The van der Waals surface area contributed by atoms with Crippen LogP contribution in [0.2, 0.25) is 0 Å². The number of carbonyl (C=O) groups excluding carboxylic acids is 1. The van der Waals surface area contributed by atoms with Crippen molar-refractivity contribution in [1.29, 1.82) is 5.26 Å². The van der Waals surface area contributed by atoms with E-state index < -0.39 is 0 Å². The fourth-order valence-corrected chi connectivity index (χ4v) is 2.51. The van der Waals surface area contributed by atoms with E-state index in [-0.39, 0.29) is 12.2 Å². The van der Waals surface area contributed by atoms with Crippen LogP contribution in [0, 0.1) is 11.3 Å². The molecule has 0 aliphatic rings. The fraction of sp³-hybridized carbons (Fsp3) is 0.500. The Kier molecular flexibility index (Phi) is 5.46. The van der Waals surface area contributed by atoms with Crippen molar-refractivity contribution in [2.75, 3.05) is 20.0 Å². The number of ether oxygens (including phenoxy) is 1. The number of nitrogens with zero attached hydrogens (tertiary/aromatic N) is 2. The lowest BCUT2D eigenvalue weighted by Gasteiger charge is -1.97. The van der Waals surface area contributed by atoms with E-state index in [1.165, 1.54) is 23.1 Å². The van der Waals surface area contributed by atoms with Crippen molar-refractivity contribution in [2.24, 2.45) is 0 Å². The molecule has 16 heavy (non-hydrogen) atoms. The van der Waals surface area contributed by atoms with E-state index in [0.717, 1.165) is 4.34 Å². The molecule has 0 atom stereocenters. The Balaban J connectivity index is 2.69. The second-order valence-electron chi connectivity index (χ2n) is 3.03. The molecule has 0 saturated carbocycles. The van der Waals surface area contributed by atoms with E-state index in [4.69, 9.17) is 10.00 Å². The number of rotatable bonds is 6. The number of thiazole rings is 1. The first-order valence-corrected chi connectivity index (χ1v) is 6.69. The van der Waals surface area contributed by atoms with Crippen molar-refractivity contribution in [3.63, 3.8) is 0 Å². The summed E-state index contributed by atoms with van der Waals surface area (Å²) in [6.07, 6.45) is 2.49. The SMILES string of the molecule is COCCC(=O)Cc1nc(SC)sc1C#N. The lowest BCUT2D eigenvalue weighted by molar-refractivity contribution is -0.119. The van der Waals surface area contributed by atoms with Crippen LogP contribution >= 0.6 is 23.1 Å². The summed E-state index contributed by atoms with van der Waals surface area (Å²) in [5.41, 5.74) is 0.595. The Labute approximate surface area is 103 Å². The highest BCUT2D eigenvalue weighted by atomic mass is 32.2. The molecule has 0 bridgehead atoms. The van der Waals surface area contributed by atoms with Crippen molar-refractivity contribution < 1.29 is 9.53 Å². The number of methoxy groups -OCH3 is 1. The summed E-state index contributed by atoms with van der Waals surface area (Å²) >= 11 is 2.82. The largest absolute Gasteiger partial charge is 0.384 e. The summed E-state index contributed by atoms with van der Waals surface area (Å²) in [4.78, 5) is 16.3. The summed E-state index contributed by atoms with van der Waals surface area (Å²) in [6, 6.07) is 2.07. The number of hydrogen-bond donors (Lipinski definition) is 0. The van der Waals surface area contributed by atoms with Crippen LogP contribution in [0.15, 0.2) is 4.34 Å². The highest BCUT2D eigenvalue weighted by Gasteiger charge is 2.13. The molecule has 0 aromatic carbocycles. The predicted molar refractivity (Wildman–Crippen MR) is 63.8 cm³/mol. The number of hydrogen-bond acceptors (Lipinski definition) is 6. The van der Waals surface area contributed by atoms with E-state index in [1.807, 2.05) is 6.26 Å². The highest BCUT2D eigenvalue weighted by Crippen LogP contribution is 2.25. The Bertz CT molecular complexity index is 409. The molecule has 0 N–H and O–H groups in total. The lowest BCUT2D eigenvalue weighted by atomic mass is 10.1. The van der Waals surface area contributed by atoms with Gasteiger partial charge in [0.25, 0.3) is 0 Å². The minimum Gasteiger partial charge on any atom is -0.384 e. The van der Waals surface area contributed by atoms with Gasteiger partial charge in [0.1, 0.15) is 16.7 Å². The molecule has 1 aromatic heterocycles. The third-order valence-electron chi connectivity index (χ3n) is 1.90. The van der Waals surface area contributed by atoms with E-state index in [1.54, 1.807) is 7.11 Å². The standard InChI is InChI=1S/C10H12N2O2S2/c1-14-4-3-7(13)5-8-9(6-11)16-10(12-8)15-2/h3-5H2,1-2H3. The van der Waals surface area contributed by atoms with Gasteiger partial charge in [-0.2, -0.15) is 5.26 Å². The lowest BCUT2D eigenvalue weighted by Crippen LogP contribution is -2.07. The zero-order valence-electron chi connectivity index (χ0n) is 9.15. The molecule has 4 nitrogen and oxygen atoms in total. The summed E-state index contributed by atoms with van der Waals surface area (Å²) < 4.78 is 5.65. The second kappa shape index (κ2) is 6.63. The first-order valence-electron chi connectivity index (χ1n) is 4.65. The van der Waals surface area contributed by atoms with Gasteiger partial charge in [-0.15, -0.1) is 0 Å². The van der Waals surface area contributed by atoms with Crippen LogP contribution < -0.4 is 0 Å². The van der Waals surface area contributed by atoms with Gasteiger partial charge in [-0.1, -0.05) is 23.1 Å². The molecule has 1 rings (SSSR count). The first-order chi connectivity index (χ1) is 7.71. The minimum atomic E-state index is 0.0521. The average Bonchev–Trinajstić information content (AvgIpc) is 2.68. The van der Waals surface area contributed by atoms with E-state index in [9.17, 15) is 4.79 Å². The van der Waals surface area contributed by atoms with Gasteiger partial charge < -0.3 is 4.74 Å². The minimum absolute atomic E-state index is 0.0521. The van der Waals surface area contributed by atoms with Gasteiger partial charge in [0.05, 0.1) is 18.7 Å². The summed E-state index contributed by atoms with van der Waals surface area (Å²) in [7, 11) is 1.56. The molecule has 0 aliphatic carbocycles. The molecule has 6 heteroatoms. The third kappa shape index (κ3) is 3.59. The van der Waals surface area contributed by atoms with E-state index in [0.29, 0.717) is 23.6 Å². The van der Waals surface area contributed by atoms with Crippen LogP contribution in [0.4, 0.5) is 0 Å².